The fourth-order valence-corrected chi connectivity index (χ4v) is 3.75. The van der Waals surface area contributed by atoms with Crippen molar-refractivity contribution >= 4 is 17.8 Å². The molecule has 0 aromatic heterocycles. The molecule has 0 radical (unpaired) electrons. The predicted molar refractivity (Wildman–Crippen MR) is 98.2 cm³/mol. The number of hydrogen-bond donors (Lipinski definition) is 2. The topological polar surface area (TPSA) is 95.9 Å². The number of likely N-dealkylation sites (tertiary alicyclic amines) is 1. The van der Waals surface area contributed by atoms with Crippen molar-refractivity contribution in [1.82, 2.24) is 10.2 Å². The highest BCUT2D eigenvalue weighted by Gasteiger charge is 2.41. The zero-order valence-corrected chi connectivity index (χ0v) is 15.4. The summed E-state index contributed by atoms with van der Waals surface area (Å²) >= 11 is 0. The number of aliphatic carboxylic acids is 1. The van der Waals surface area contributed by atoms with Gasteiger partial charge in [0.1, 0.15) is 5.75 Å². The van der Waals surface area contributed by atoms with Gasteiger partial charge >= 0.3 is 5.97 Å². The van der Waals surface area contributed by atoms with Crippen molar-refractivity contribution in [3.8, 4) is 5.75 Å². The summed E-state index contributed by atoms with van der Waals surface area (Å²) in [4.78, 5) is 37.6. The van der Waals surface area contributed by atoms with Crippen molar-refractivity contribution in [1.29, 1.82) is 0 Å². The summed E-state index contributed by atoms with van der Waals surface area (Å²) in [7, 11) is 0. The molecule has 0 unspecified atom stereocenters. The lowest BCUT2D eigenvalue weighted by atomic mass is 9.74. The van der Waals surface area contributed by atoms with Crippen molar-refractivity contribution in [3.05, 3.63) is 30.3 Å². The Morgan fingerprint density at radius 1 is 1.15 bits per heavy atom. The molecule has 2 aliphatic rings. The minimum atomic E-state index is -0.881. The van der Waals surface area contributed by atoms with Crippen LogP contribution in [0.25, 0.3) is 0 Å². The third kappa shape index (κ3) is 4.99. The van der Waals surface area contributed by atoms with Gasteiger partial charge in [0.05, 0.1) is 12.0 Å². The molecule has 1 heterocycles. The van der Waals surface area contributed by atoms with Crippen LogP contribution in [0.5, 0.6) is 5.75 Å². The third-order valence-electron chi connectivity index (χ3n) is 5.51. The maximum absolute atomic E-state index is 12.5. The van der Waals surface area contributed by atoms with Gasteiger partial charge in [0.15, 0.2) is 6.61 Å². The maximum atomic E-state index is 12.5. The number of carbonyl (C=O) groups excluding carboxylic acids is 2. The molecule has 2 fully saturated rings. The van der Waals surface area contributed by atoms with E-state index >= 15 is 0 Å². The number of para-hydroxylation sites is 1. The molecule has 1 aliphatic carbocycles. The number of piperidine rings is 1. The van der Waals surface area contributed by atoms with Crippen molar-refractivity contribution in [3.63, 3.8) is 0 Å². The number of carbonyl (C=O) groups is 3. The number of carboxylic acid groups (broad SMARTS) is 1. The van der Waals surface area contributed by atoms with Gasteiger partial charge in [-0.1, -0.05) is 18.2 Å². The van der Waals surface area contributed by atoms with Crippen molar-refractivity contribution in [2.24, 2.45) is 5.92 Å². The van der Waals surface area contributed by atoms with Crippen LogP contribution in [0.1, 0.15) is 38.5 Å². The molecule has 7 heteroatoms. The third-order valence-corrected chi connectivity index (χ3v) is 5.51. The number of amides is 2. The second-order valence-corrected chi connectivity index (χ2v) is 7.45. The Bertz CT molecular complexity index is 679. The number of carboxylic acids is 1. The molecule has 1 saturated heterocycles. The van der Waals surface area contributed by atoms with Gasteiger partial charge in [-0.05, 0) is 44.2 Å². The van der Waals surface area contributed by atoms with Gasteiger partial charge in [-0.15, -0.1) is 0 Å². The smallest absolute Gasteiger partial charge is 0.305 e. The van der Waals surface area contributed by atoms with Crippen LogP contribution >= 0.6 is 0 Å². The van der Waals surface area contributed by atoms with Crippen LogP contribution in [0.3, 0.4) is 0 Å². The van der Waals surface area contributed by atoms with E-state index in [0.717, 1.165) is 19.3 Å². The average Bonchev–Trinajstić information content (AvgIpc) is 2.65. The number of benzene rings is 1. The highest BCUT2D eigenvalue weighted by Crippen LogP contribution is 2.35. The lowest BCUT2D eigenvalue weighted by molar-refractivity contribution is -0.142. The van der Waals surface area contributed by atoms with Crippen LogP contribution in [0.2, 0.25) is 0 Å². The van der Waals surface area contributed by atoms with E-state index < -0.39 is 11.5 Å². The minimum absolute atomic E-state index is 0.0113. The average molecular weight is 374 g/mol. The van der Waals surface area contributed by atoms with Gasteiger partial charge in [-0.2, -0.15) is 0 Å². The number of hydrogen-bond acceptors (Lipinski definition) is 4. The molecule has 1 aromatic rings. The molecule has 27 heavy (non-hydrogen) atoms. The van der Waals surface area contributed by atoms with Crippen LogP contribution in [0.4, 0.5) is 0 Å². The molecule has 1 aromatic carbocycles. The molecule has 0 bridgehead atoms. The molecular weight excluding hydrogens is 348 g/mol. The van der Waals surface area contributed by atoms with Crippen LogP contribution in [-0.4, -0.2) is 53.0 Å². The highest BCUT2D eigenvalue weighted by molar-refractivity contribution is 5.82. The summed E-state index contributed by atoms with van der Waals surface area (Å²) in [6, 6.07) is 9.19. The molecule has 1 saturated carbocycles. The van der Waals surface area contributed by atoms with E-state index in [0.29, 0.717) is 31.7 Å². The van der Waals surface area contributed by atoms with E-state index in [1.165, 1.54) is 0 Å². The summed E-state index contributed by atoms with van der Waals surface area (Å²) in [5.41, 5.74) is -0.570. The lowest BCUT2D eigenvalue weighted by Crippen LogP contribution is -2.57. The Labute approximate surface area is 158 Å². The second kappa shape index (κ2) is 8.41. The number of ether oxygens (including phenoxy) is 1. The van der Waals surface area contributed by atoms with E-state index in [9.17, 15) is 14.4 Å². The lowest BCUT2D eigenvalue weighted by Gasteiger charge is -2.43. The van der Waals surface area contributed by atoms with E-state index in [4.69, 9.17) is 9.84 Å². The van der Waals surface area contributed by atoms with Crippen LogP contribution in [0, 0.1) is 5.92 Å². The fraction of sp³-hybridized carbons (Fsp3) is 0.550. The van der Waals surface area contributed by atoms with E-state index in [1.807, 2.05) is 18.2 Å². The number of nitrogens with zero attached hydrogens (tertiary/aromatic N) is 1. The first-order valence-electron chi connectivity index (χ1n) is 9.47. The Hall–Kier alpha value is -2.57. The first-order valence-corrected chi connectivity index (χ1v) is 9.47. The summed E-state index contributed by atoms with van der Waals surface area (Å²) in [6.45, 7) is 1.02. The summed E-state index contributed by atoms with van der Waals surface area (Å²) in [5, 5.41) is 12.0. The standard InChI is InChI=1S/C20H26N2O5/c23-17(14-27-16-5-2-1-3-6-16)22-11-7-15(8-12-22)19(26)21-20(9-4-10-20)13-18(24)25/h1-3,5-6,15H,4,7-14H2,(H,21,26)(H,24,25). The molecule has 2 N–H and O–H groups in total. The molecule has 1 aliphatic heterocycles. The normalized spacial score (nSPS) is 19.0. The number of rotatable bonds is 7. The van der Waals surface area contributed by atoms with Gasteiger partial charge in [-0.3, -0.25) is 14.4 Å². The summed E-state index contributed by atoms with van der Waals surface area (Å²) < 4.78 is 5.49. The van der Waals surface area contributed by atoms with Gasteiger partial charge < -0.3 is 20.1 Å². The van der Waals surface area contributed by atoms with E-state index in [1.54, 1.807) is 17.0 Å². The fourth-order valence-electron chi connectivity index (χ4n) is 3.75. The van der Waals surface area contributed by atoms with E-state index in [2.05, 4.69) is 5.32 Å². The molecule has 0 atom stereocenters. The molecular formula is C20H26N2O5. The Morgan fingerprint density at radius 2 is 1.81 bits per heavy atom. The summed E-state index contributed by atoms with van der Waals surface area (Å²) in [6.07, 6.45) is 3.55. The first-order chi connectivity index (χ1) is 13.0. The van der Waals surface area contributed by atoms with E-state index in [-0.39, 0.29) is 30.8 Å². The van der Waals surface area contributed by atoms with Gasteiger partial charge in [0, 0.05) is 19.0 Å². The monoisotopic (exact) mass is 374 g/mol. The molecule has 7 nitrogen and oxygen atoms in total. The zero-order chi connectivity index (χ0) is 19.3. The molecule has 0 spiro atoms. The van der Waals surface area contributed by atoms with Gasteiger partial charge in [-0.25, -0.2) is 0 Å². The molecule has 146 valence electrons. The van der Waals surface area contributed by atoms with Crippen molar-refractivity contribution in [2.45, 2.75) is 44.1 Å². The zero-order valence-electron chi connectivity index (χ0n) is 15.4. The summed E-state index contributed by atoms with van der Waals surface area (Å²) in [5.74, 6) is -0.559. The van der Waals surface area contributed by atoms with Gasteiger partial charge in [0.25, 0.3) is 5.91 Å². The largest absolute Gasteiger partial charge is 0.484 e. The minimum Gasteiger partial charge on any atom is -0.484 e. The van der Waals surface area contributed by atoms with Crippen LogP contribution in [0.15, 0.2) is 30.3 Å². The predicted octanol–water partition coefficient (Wildman–Crippen LogP) is 1.82. The van der Waals surface area contributed by atoms with Crippen molar-refractivity contribution in [2.75, 3.05) is 19.7 Å². The Balaban J connectivity index is 1.43. The van der Waals surface area contributed by atoms with Crippen LogP contribution in [-0.2, 0) is 14.4 Å². The quantitative estimate of drug-likeness (QED) is 0.759. The van der Waals surface area contributed by atoms with Gasteiger partial charge in [0.2, 0.25) is 5.91 Å². The first kappa shape index (κ1) is 19.2. The molecule has 2 amide bonds. The van der Waals surface area contributed by atoms with Crippen LogP contribution < -0.4 is 10.1 Å². The second-order valence-electron chi connectivity index (χ2n) is 7.45. The van der Waals surface area contributed by atoms with Crippen molar-refractivity contribution < 1.29 is 24.2 Å². The number of nitrogens with one attached hydrogen (secondary N) is 1. The highest BCUT2D eigenvalue weighted by atomic mass is 16.5. The SMILES string of the molecule is O=C(O)CC1(NC(=O)C2CCN(C(=O)COc3ccccc3)CC2)CCC1. The molecule has 3 rings (SSSR count). The maximum Gasteiger partial charge on any atom is 0.305 e. The Kier molecular flexibility index (Phi) is 5.98. The Morgan fingerprint density at radius 3 is 2.37 bits per heavy atom.